The summed E-state index contributed by atoms with van der Waals surface area (Å²) in [5.41, 5.74) is 0. The molecule has 0 radical (unpaired) electrons. The smallest absolute Gasteiger partial charge is 0.293 e. The first kappa shape index (κ1) is 9.59. The zero-order chi connectivity index (χ0) is 9.68. The highest BCUT2D eigenvalue weighted by Gasteiger charge is 2.14. The van der Waals surface area contributed by atoms with Crippen LogP contribution in [0.2, 0.25) is 0 Å². The molecule has 7 heteroatoms. The lowest BCUT2D eigenvalue weighted by Crippen LogP contribution is -2.37. The predicted octanol–water partition coefficient (Wildman–Crippen LogP) is -1.30. The highest BCUT2D eigenvalue weighted by Crippen LogP contribution is 1.91. The van der Waals surface area contributed by atoms with Crippen LogP contribution in [0.1, 0.15) is 24.0 Å². The van der Waals surface area contributed by atoms with E-state index in [0.717, 1.165) is 0 Å². The van der Waals surface area contributed by atoms with E-state index in [1.165, 1.54) is 0 Å². The maximum absolute atomic E-state index is 11.2. The molecule has 0 aliphatic heterocycles. The molecule has 3 N–H and O–H groups in total. The number of aliphatic hydroxyl groups is 1. The van der Waals surface area contributed by atoms with Gasteiger partial charge in [0.25, 0.3) is 11.7 Å². The first-order valence-electron chi connectivity index (χ1n) is 3.93. The summed E-state index contributed by atoms with van der Waals surface area (Å²) in [5, 5.41) is 23.7. The number of nitrogens with one attached hydrogen (secondary N) is 2. The van der Waals surface area contributed by atoms with Gasteiger partial charge in [0.05, 0.1) is 12.6 Å². The zero-order valence-electron chi connectivity index (χ0n) is 7.19. The maximum Gasteiger partial charge on any atom is 0.293 e. The summed E-state index contributed by atoms with van der Waals surface area (Å²) < 4.78 is 0. The molecule has 1 aromatic rings. The third-order valence-corrected chi connectivity index (χ3v) is 1.60. The van der Waals surface area contributed by atoms with Crippen LogP contribution in [-0.4, -0.2) is 44.3 Å². The molecular formula is C6H11N5O2. The quantitative estimate of drug-likeness (QED) is 0.541. The van der Waals surface area contributed by atoms with Crippen molar-refractivity contribution < 1.29 is 9.90 Å². The number of aliphatic hydroxyl groups excluding tert-OH is 1. The fraction of sp³-hybridized carbons (Fsp3) is 0.667. The molecule has 0 aliphatic carbocycles. The Morgan fingerprint density at radius 3 is 3.00 bits per heavy atom. The molecule has 0 spiro atoms. The van der Waals surface area contributed by atoms with Gasteiger partial charge in [0.15, 0.2) is 0 Å². The summed E-state index contributed by atoms with van der Waals surface area (Å²) in [6.45, 7) is 1.76. The average Bonchev–Trinajstić information content (AvgIpc) is 2.66. The second kappa shape index (κ2) is 4.51. The lowest BCUT2D eigenvalue weighted by molar-refractivity contribution is 0.0904. The van der Waals surface area contributed by atoms with Gasteiger partial charge >= 0.3 is 0 Å². The van der Waals surface area contributed by atoms with Crippen molar-refractivity contribution in [2.45, 2.75) is 19.4 Å². The van der Waals surface area contributed by atoms with E-state index in [9.17, 15) is 4.79 Å². The Morgan fingerprint density at radius 1 is 1.77 bits per heavy atom. The Bertz CT molecular complexity index is 256. The summed E-state index contributed by atoms with van der Waals surface area (Å²) in [6.07, 6.45) is 0.653. The van der Waals surface area contributed by atoms with E-state index < -0.39 is 5.91 Å². The molecular weight excluding hydrogens is 174 g/mol. The molecule has 0 aliphatic rings. The molecule has 1 atom stereocenters. The number of hydrogen-bond acceptors (Lipinski definition) is 5. The second-order valence-corrected chi connectivity index (χ2v) is 2.50. The molecule has 72 valence electrons. The third-order valence-electron chi connectivity index (χ3n) is 1.60. The van der Waals surface area contributed by atoms with Crippen molar-refractivity contribution in [3.63, 3.8) is 0 Å². The van der Waals surface area contributed by atoms with Gasteiger partial charge in [0.1, 0.15) is 0 Å². The van der Waals surface area contributed by atoms with Crippen molar-refractivity contribution in [3.8, 4) is 0 Å². The Labute approximate surface area is 74.5 Å². The van der Waals surface area contributed by atoms with Crippen LogP contribution in [0, 0.1) is 0 Å². The number of carbonyl (C=O) groups excluding carboxylic acids is 1. The standard InChI is InChI=1S/C6H11N5O2/c1-2-4(3-12)7-6(13)5-8-10-11-9-5/h4,12H,2-3H2,1H3,(H,7,13)(H,8,9,10,11)/t4-/m0/s1. The maximum atomic E-state index is 11.2. The number of tetrazole rings is 1. The van der Waals surface area contributed by atoms with Crippen molar-refractivity contribution in [3.05, 3.63) is 5.82 Å². The van der Waals surface area contributed by atoms with Gasteiger partial charge in [-0.25, -0.2) is 0 Å². The van der Waals surface area contributed by atoms with Crippen LogP contribution in [-0.2, 0) is 0 Å². The third kappa shape index (κ3) is 2.48. The number of rotatable bonds is 4. The van der Waals surface area contributed by atoms with Crippen LogP contribution in [0.15, 0.2) is 0 Å². The van der Waals surface area contributed by atoms with Gasteiger partial charge in [-0.2, -0.15) is 5.21 Å². The molecule has 7 nitrogen and oxygen atoms in total. The normalized spacial score (nSPS) is 12.5. The lowest BCUT2D eigenvalue weighted by atomic mass is 10.2. The number of aromatic amines is 1. The van der Waals surface area contributed by atoms with Crippen LogP contribution < -0.4 is 5.32 Å². The van der Waals surface area contributed by atoms with Crippen molar-refractivity contribution >= 4 is 5.91 Å². The van der Waals surface area contributed by atoms with Gasteiger partial charge in [0, 0.05) is 0 Å². The van der Waals surface area contributed by atoms with Crippen LogP contribution in [0.25, 0.3) is 0 Å². The first-order valence-corrected chi connectivity index (χ1v) is 3.93. The minimum absolute atomic E-state index is 0.0214. The molecule has 1 rings (SSSR count). The number of H-pyrrole nitrogens is 1. The van der Waals surface area contributed by atoms with Gasteiger partial charge in [-0.15, -0.1) is 10.2 Å². The lowest BCUT2D eigenvalue weighted by Gasteiger charge is -2.11. The van der Waals surface area contributed by atoms with Gasteiger partial charge in [-0.1, -0.05) is 6.92 Å². The Balaban J connectivity index is 2.50. The Morgan fingerprint density at radius 2 is 2.54 bits per heavy atom. The topological polar surface area (TPSA) is 104 Å². The number of hydrogen-bond donors (Lipinski definition) is 3. The van der Waals surface area contributed by atoms with E-state index in [2.05, 4.69) is 25.9 Å². The van der Waals surface area contributed by atoms with Gasteiger partial charge in [-0.3, -0.25) is 4.79 Å². The highest BCUT2D eigenvalue weighted by atomic mass is 16.3. The molecule has 13 heavy (non-hydrogen) atoms. The molecule has 1 amide bonds. The zero-order valence-corrected chi connectivity index (χ0v) is 7.19. The van der Waals surface area contributed by atoms with Gasteiger partial charge in [0.2, 0.25) is 0 Å². The molecule has 0 fully saturated rings. The van der Waals surface area contributed by atoms with E-state index in [4.69, 9.17) is 5.11 Å². The molecule has 0 bridgehead atoms. The summed E-state index contributed by atoms with van der Waals surface area (Å²) in [4.78, 5) is 11.2. The minimum Gasteiger partial charge on any atom is -0.394 e. The van der Waals surface area contributed by atoms with Crippen LogP contribution in [0.3, 0.4) is 0 Å². The Kier molecular flexibility index (Phi) is 3.32. The predicted molar refractivity (Wildman–Crippen MR) is 42.8 cm³/mol. The first-order chi connectivity index (χ1) is 6.27. The fourth-order valence-electron chi connectivity index (χ4n) is 0.785. The monoisotopic (exact) mass is 185 g/mol. The SMILES string of the molecule is CC[C@@H](CO)NC(=O)c1nn[nH]n1. The minimum atomic E-state index is -0.436. The van der Waals surface area contributed by atoms with Gasteiger partial charge < -0.3 is 10.4 Å². The molecule has 0 saturated carbocycles. The van der Waals surface area contributed by atoms with Crippen LogP contribution in [0.5, 0.6) is 0 Å². The van der Waals surface area contributed by atoms with Crippen molar-refractivity contribution in [2.75, 3.05) is 6.61 Å². The molecule has 0 aromatic carbocycles. The van der Waals surface area contributed by atoms with E-state index in [1.807, 2.05) is 6.92 Å². The summed E-state index contributed by atoms with van der Waals surface area (Å²) in [7, 11) is 0. The highest BCUT2D eigenvalue weighted by molar-refractivity contribution is 5.90. The van der Waals surface area contributed by atoms with E-state index in [-0.39, 0.29) is 18.5 Å². The van der Waals surface area contributed by atoms with Crippen molar-refractivity contribution in [2.24, 2.45) is 0 Å². The van der Waals surface area contributed by atoms with Crippen LogP contribution >= 0.6 is 0 Å². The molecule has 0 unspecified atom stereocenters. The number of amides is 1. The Hall–Kier alpha value is -1.50. The van der Waals surface area contributed by atoms with Crippen LogP contribution in [0.4, 0.5) is 0 Å². The van der Waals surface area contributed by atoms with Crippen molar-refractivity contribution in [1.29, 1.82) is 0 Å². The molecule has 1 aromatic heterocycles. The average molecular weight is 185 g/mol. The van der Waals surface area contributed by atoms with E-state index in [1.54, 1.807) is 0 Å². The van der Waals surface area contributed by atoms with Crippen molar-refractivity contribution in [1.82, 2.24) is 25.9 Å². The molecule has 0 saturated heterocycles. The largest absolute Gasteiger partial charge is 0.394 e. The number of aromatic nitrogens is 4. The summed E-state index contributed by atoms with van der Waals surface area (Å²) >= 11 is 0. The number of carbonyl (C=O) groups is 1. The molecule has 1 heterocycles. The van der Waals surface area contributed by atoms with E-state index >= 15 is 0 Å². The van der Waals surface area contributed by atoms with Gasteiger partial charge in [-0.05, 0) is 11.6 Å². The van der Waals surface area contributed by atoms with E-state index in [0.29, 0.717) is 6.42 Å². The number of nitrogens with zero attached hydrogens (tertiary/aromatic N) is 3. The summed E-state index contributed by atoms with van der Waals surface area (Å²) in [5.74, 6) is -0.457. The fourth-order valence-corrected chi connectivity index (χ4v) is 0.785. The second-order valence-electron chi connectivity index (χ2n) is 2.50. The summed E-state index contributed by atoms with van der Waals surface area (Å²) in [6, 6.07) is -0.258.